The maximum Gasteiger partial charge on any atom is 0.420 e. The van der Waals surface area contributed by atoms with Gasteiger partial charge >= 0.3 is 6.09 Å². The number of nitrogens with one attached hydrogen (secondary N) is 2. The summed E-state index contributed by atoms with van der Waals surface area (Å²) in [5.74, 6) is 0.263. The third kappa shape index (κ3) is 5.38. The molecule has 2 N–H and O–H groups in total. The second-order valence-corrected chi connectivity index (χ2v) is 11.0. The van der Waals surface area contributed by atoms with Gasteiger partial charge < -0.3 is 15.0 Å². The van der Waals surface area contributed by atoms with Crippen molar-refractivity contribution in [2.45, 2.75) is 23.7 Å². The first-order valence-corrected chi connectivity index (χ1v) is 14.0. The first-order chi connectivity index (χ1) is 18.8. The van der Waals surface area contributed by atoms with Crippen molar-refractivity contribution < 1.29 is 22.7 Å². The van der Waals surface area contributed by atoms with E-state index >= 15 is 0 Å². The van der Waals surface area contributed by atoms with E-state index in [1.54, 1.807) is 33.9 Å². The second-order valence-electron chi connectivity index (χ2n) is 8.94. The maximum atomic E-state index is 13.8. The van der Waals surface area contributed by atoms with E-state index in [1.165, 1.54) is 16.3 Å². The van der Waals surface area contributed by atoms with Crippen LogP contribution in [0.15, 0.2) is 71.9 Å². The molecule has 3 heterocycles. The summed E-state index contributed by atoms with van der Waals surface area (Å²) in [7, 11) is -3.31. The number of carbonyl (C=O) groups excluding carboxylic acids is 2. The summed E-state index contributed by atoms with van der Waals surface area (Å²) in [6.07, 6.45) is 2.81. The Balaban J connectivity index is 1.51. The Morgan fingerprint density at radius 1 is 1.03 bits per heavy atom. The van der Waals surface area contributed by atoms with Crippen LogP contribution in [-0.2, 0) is 14.8 Å². The third-order valence-corrected chi connectivity index (χ3v) is 8.23. The van der Waals surface area contributed by atoms with E-state index in [4.69, 9.17) is 11.6 Å². The van der Waals surface area contributed by atoms with Crippen LogP contribution in [0.25, 0.3) is 5.65 Å². The molecule has 1 aliphatic rings. The molecule has 13 heteroatoms. The SMILES string of the molecule is COC(=O)NS(=O)(=O)c1cnn2c(Nc3ccccc3Cl)c(C(=O)N3CCC(c4ccccc4)CC3)cnc12. The van der Waals surface area contributed by atoms with Crippen molar-refractivity contribution in [1.82, 2.24) is 24.2 Å². The predicted molar refractivity (Wildman–Crippen MR) is 145 cm³/mol. The minimum Gasteiger partial charge on any atom is -0.452 e. The number of ether oxygens (including phenoxy) is 1. The van der Waals surface area contributed by atoms with Crippen molar-refractivity contribution in [1.29, 1.82) is 0 Å². The molecule has 2 aromatic carbocycles. The number of para-hydroxylation sites is 1. The second kappa shape index (κ2) is 10.9. The van der Waals surface area contributed by atoms with Crippen LogP contribution in [0.1, 0.15) is 34.7 Å². The fourth-order valence-corrected chi connectivity index (χ4v) is 5.75. The number of carbonyl (C=O) groups is 2. The number of benzene rings is 2. The van der Waals surface area contributed by atoms with Crippen molar-refractivity contribution >= 4 is 50.8 Å². The fraction of sp³-hybridized carbons (Fsp3) is 0.231. The summed E-state index contributed by atoms with van der Waals surface area (Å²) in [6, 6.07) is 17.1. The minimum absolute atomic E-state index is 0.0970. The zero-order chi connectivity index (χ0) is 27.6. The van der Waals surface area contributed by atoms with Gasteiger partial charge in [-0.25, -0.2) is 22.9 Å². The quantitative estimate of drug-likeness (QED) is 0.353. The van der Waals surface area contributed by atoms with Crippen LogP contribution in [0.3, 0.4) is 0 Å². The summed E-state index contributed by atoms with van der Waals surface area (Å²) in [5.41, 5.74) is 1.82. The summed E-state index contributed by atoms with van der Waals surface area (Å²) in [4.78, 5) is 31.0. The molecule has 202 valence electrons. The Labute approximate surface area is 229 Å². The van der Waals surface area contributed by atoms with Crippen LogP contribution in [0.5, 0.6) is 0 Å². The first kappa shape index (κ1) is 26.4. The van der Waals surface area contributed by atoms with E-state index in [0.29, 0.717) is 29.7 Å². The van der Waals surface area contributed by atoms with Gasteiger partial charge in [0, 0.05) is 19.3 Å². The maximum absolute atomic E-state index is 13.8. The molecule has 0 radical (unpaired) electrons. The molecule has 0 aliphatic carbocycles. The van der Waals surface area contributed by atoms with Gasteiger partial charge in [-0.15, -0.1) is 0 Å². The lowest BCUT2D eigenvalue weighted by Gasteiger charge is -2.32. The Morgan fingerprint density at radius 3 is 2.41 bits per heavy atom. The van der Waals surface area contributed by atoms with Crippen molar-refractivity contribution in [2.24, 2.45) is 0 Å². The Kier molecular flexibility index (Phi) is 7.40. The number of piperidine rings is 1. The van der Waals surface area contributed by atoms with Crippen LogP contribution >= 0.6 is 11.6 Å². The molecule has 4 aromatic rings. The molecular weight excluding hydrogens is 544 g/mol. The van der Waals surface area contributed by atoms with Crippen LogP contribution in [-0.4, -0.2) is 60.1 Å². The van der Waals surface area contributed by atoms with Gasteiger partial charge in [0.05, 0.1) is 24.0 Å². The van der Waals surface area contributed by atoms with E-state index in [-0.39, 0.29) is 27.8 Å². The van der Waals surface area contributed by atoms with Crippen LogP contribution in [0.4, 0.5) is 16.3 Å². The van der Waals surface area contributed by atoms with E-state index < -0.39 is 16.1 Å². The molecule has 11 nitrogen and oxygen atoms in total. The molecular formula is C26H25ClN6O5S. The molecule has 2 aromatic heterocycles. The zero-order valence-corrected chi connectivity index (χ0v) is 22.4. The van der Waals surface area contributed by atoms with Gasteiger partial charge in [0.1, 0.15) is 11.4 Å². The number of aromatic nitrogens is 3. The average molecular weight is 569 g/mol. The molecule has 1 saturated heterocycles. The number of halogens is 1. The first-order valence-electron chi connectivity index (χ1n) is 12.1. The smallest absolute Gasteiger partial charge is 0.420 e. The molecule has 0 atom stereocenters. The van der Waals surface area contributed by atoms with Gasteiger partial charge in [0.15, 0.2) is 10.5 Å². The zero-order valence-electron chi connectivity index (χ0n) is 20.9. The van der Waals surface area contributed by atoms with Crippen LogP contribution in [0.2, 0.25) is 5.02 Å². The highest BCUT2D eigenvalue weighted by Gasteiger charge is 2.30. The Bertz CT molecular complexity index is 1640. The molecule has 1 aliphatic heterocycles. The Morgan fingerprint density at radius 2 is 1.72 bits per heavy atom. The largest absolute Gasteiger partial charge is 0.452 e. The molecule has 39 heavy (non-hydrogen) atoms. The molecule has 0 spiro atoms. The summed E-state index contributed by atoms with van der Waals surface area (Å²) < 4.78 is 33.0. The number of rotatable bonds is 6. The number of amides is 2. The van der Waals surface area contributed by atoms with Gasteiger partial charge in [-0.3, -0.25) is 4.79 Å². The van der Waals surface area contributed by atoms with E-state index in [9.17, 15) is 18.0 Å². The molecule has 0 saturated carbocycles. The van der Waals surface area contributed by atoms with Gasteiger partial charge in [-0.2, -0.15) is 9.61 Å². The highest BCUT2D eigenvalue weighted by Crippen LogP contribution is 2.32. The third-order valence-electron chi connectivity index (χ3n) is 6.60. The highest BCUT2D eigenvalue weighted by molar-refractivity contribution is 7.90. The molecule has 5 rings (SSSR count). The monoisotopic (exact) mass is 568 g/mol. The lowest BCUT2D eigenvalue weighted by atomic mass is 9.89. The predicted octanol–water partition coefficient (Wildman–Crippen LogP) is 4.19. The van der Waals surface area contributed by atoms with Gasteiger partial charge in [-0.1, -0.05) is 54.1 Å². The number of fused-ring (bicyclic) bond motifs is 1. The lowest BCUT2D eigenvalue weighted by molar-refractivity contribution is 0.0713. The number of likely N-dealkylation sites (tertiary alicyclic amines) is 1. The molecule has 2 amide bonds. The number of methoxy groups -OCH3 is 1. The normalized spacial score (nSPS) is 14.3. The van der Waals surface area contributed by atoms with Gasteiger partial charge in [0.25, 0.3) is 15.9 Å². The van der Waals surface area contributed by atoms with Gasteiger partial charge in [-0.05, 0) is 36.5 Å². The number of anilines is 2. The van der Waals surface area contributed by atoms with Crippen LogP contribution < -0.4 is 10.0 Å². The summed E-state index contributed by atoms with van der Waals surface area (Å²) in [5, 5.41) is 7.71. The summed E-state index contributed by atoms with van der Waals surface area (Å²) >= 11 is 6.37. The Hall–Kier alpha value is -4.16. The summed E-state index contributed by atoms with van der Waals surface area (Å²) in [6.45, 7) is 1.09. The van der Waals surface area contributed by atoms with Crippen molar-refractivity contribution in [3.8, 4) is 0 Å². The molecule has 0 unspecified atom stereocenters. The molecule has 0 bridgehead atoms. The van der Waals surface area contributed by atoms with E-state index in [2.05, 4.69) is 32.3 Å². The van der Waals surface area contributed by atoms with Gasteiger partial charge in [0.2, 0.25) is 0 Å². The number of nitrogens with zero attached hydrogens (tertiary/aromatic N) is 4. The minimum atomic E-state index is -4.36. The number of hydrogen-bond donors (Lipinski definition) is 2. The van der Waals surface area contributed by atoms with E-state index in [0.717, 1.165) is 26.1 Å². The fourth-order valence-electron chi connectivity index (χ4n) is 4.58. The van der Waals surface area contributed by atoms with Crippen molar-refractivity contribution in [3.63, 3.8) is 0 Å². The van der Waals surface area contributed by atoms with Crippen molar-refractivity contribution in [2.75, 3.05) is 25.5 Å². The topological polar surface area (TPSA) is 135 Å². The molecule has 1 fully saturated rings. The van der Waals surface area contributed by atoms with Crippen molar-refractivity contribution in [3.05, 3.63) is 83.1 Å². The number of sulfonamides is 1. The standard InChI is InChI=1S/C26H25ClN6O5S/c1-38-26(35)31-39(36,37)22-16-29-33-23(30-21-10-6-5-9-20(21)27)19(15-28-24(22)33)25(34)32-13-11-18(12-14-32)17-7-3-2-4-8-17/h2-10,15-16,18,30H,11-14H2,1H3,(H,31,35). The average Bonchev–Trinajstić information content (AvgIpc) is 3.40. The van der Waals surface area contributed by atoms with E-state index in [1.807, 2.05) is 18.2 Å². The van der Waals surface area contributed by atoms with Crippen LogP contribution in [0, 0.1) is 0 Å². The number of hydrogen-bond acceptors (Lipinski definition) is 8. The highest BCUT2D eigenvalue weighted by atomic mass is 35.5. The lowest BCUT2D eigenvalue weighted by Crippen LogP contribution is -2.38.